The van der Waals surface area contributed by atoms with E-state index in [2.05, 4.69) is 19.9 Å². The van der Waals surface area contributed by atoms with Crippen LogP contribution in [0.3, 0.4) is 0 Å². The maximum absolute atomic E-state index is 12.1. The van der Waals surface area contributed by atoms with Crippen LogP contribution < -0.4 is 0 Å². The van der Waals surface area contributed by atoms with Crippen LogP contribution in [0, 0.1) is 34.5 Å². The van der Waals surface area contributed by atoms with Crippen LogP contribution >= 0.6 is 0 Å². The molecule has 0 aromatic rings. The predicted octanol–water partition coefficient (Wildman–Crippen LogP) is 4.72. The summed E-state index contributed by atoms with van der Waals surface area (Å²) in [7, 11) is 0. The molecule has 23 heavy (non-hydrogen) atoms. The van der Waals surface area contributed by atoms with Crippen LogP contribution in [0.5, 0.6) is 0 Å². The number of rotatable bonds is 1. The Morgan fingerprint density at radius 1 is 1.09 bits per heavy atom. The van der Waals surface area contributed by atoms with E-state index >= 15 is 0 Å². The average molecular weight is 314 g/mol. The van der Waals surface area contributed by atoms with E-state index in [1.807, 2.05) is 0 Å². The molecular weight excluding hydrogens is 284 g/mol. The lowest BCUT2D eigenvalue weighted by Gasteiger charge is -2.56. The van der Waals surface area contributed by atoms with Crippen LogP contribution in [0.25, 0.3) is 0 Å². The van der Waals surface area contributed by atoms with Crippen molar-refractivity contribution in [3.8, 4) is 0 Å². The van der Waals surface area contributed by atoms with Crippen LogP contribution in [-0.4, -0.2) is 11.6 Å². The van der Waals surface area contributed by atoms with Gasteiger partial charge in [-0.1, -0.05) is 25.5 Å². The molecule has 0 radical (unpaired) electrons. The number of carbonyl (C=O) groups is 2. The lowest BCUT2D eigenvalue weighted by atomic mass is 9.48. The largest absolute Gasteiger partial charge is 0.300 e. The zero-order valence-corrected chi connectivity index (χ0v) is 14.9. The Morgan fingerprint density at radius 2 is 1.83 bits per heavy atom. The zero-order valence-electron chi connectivity index (χ0n) is 14.9. The lowest BCUT2D eigenvalue weighted by molar-refractivity contribution is -0.129. The molecular formula is C21H30O2. The van der Waals surface area contributed by atoms with Gasteiger partial charge in [-0.3, -0.25) is 9.59 Å². The Morgan fingerprint density at radius 3 is 2.57 bits per heavy atom. The van der Waals surface area contributed by atoms with E-state index in [1.165, 1.54) is 19.3 Å². The molecule has 0 spiro atoms. The number of Topliss-reactive ketones (excluding diaryl/α,β-unsaturated/α-hetero) is 2. The summed E-state index contributed by atoms with van der Waals surface area (Å²) in [6, 6.07) is 0. The first-order chi connectivity index (χ1) is 10.9. The van der Waals surface area contributed by atoms with Gasteiger partial charge in [0.1, 0.15) is 11.6 Å². The van der Waals surface area contributed by atoms with Gasteiger partial charge in [0.05, 0.1) is 0 Å². The fourth-order valence-corrected chi connectivity index (χ4v) is 6.97. The highest BCUT2D eigenvalue weighted by Crippen LogP contribution is 2.65. The average Bonchev–Trinajstić information content (AvgIpc) is 2.85. The molecule has 4 aliphatic carbocycles. The molecule has 6 atom stereocenters. The fourth-order valence-electron chi connectivity index (χ4n) is 6.97. The predicted molar refractivity (Wildman–Crippen MR) is 90.9 cm³/mol. The van der Waals surface area contributed by atoms with Crippen molar-refractivity contribution in [1.29, 1.82) is 0 Å². The first-order valence-corrected chi connectivity index (χ1v) is 9.58. The topological polar surface area (TPSA) is 34.1 Å². The minimum absolute atomic E-state index is 0.196. The van der Waals surface area contributed by atoms with Crippen LogP contribution in [0.1, 0.15) is 72.1 Å². The molecule has 4 rings (SSSR count). The highest BCUT2D eigenvalue weighted by Gasteiger charge is 2.58. The molecule has 0 aliphatic heterocycles. The molecule has 2 heteroatoms. The number of hydrogen-bond donors (Lipinski definition) is 0. The van der Waals surface area contributed by atoms with E-state index in [1.54, 1.807) is 12.5 Å². The Kier molecular flexibility index (Phi) is 3.42. The molecule has 3 saturated carbocycles. The van der Waals surface area contributed by atoms with E-state index < -0.39 is 0 Å². The van der Waals surface area contributed by atoms with Crippen molar-refractivity contribution in [3.63, 3.8) is 0 Å². The summed E-state index contributed by atoms with van der Waals surface area (Å²) in [6.07, 6.45) is 11.0. The number of allylic oxidation sites excluding steroid dienone is 2. The van der Waals surface area contributed by atoms with E-state index in [4.69, 9.17) is 0 Å². The lowest BCUT2D eigenvalue weighted by Crippen LogP contribution is -2.49. The van der Waals surface area contributed by atoms with E-state index in [0.717, 1.165) is 32.1 Å². The van der Waals surface area contributed by atoms with Crippen molar-refractivity contribution in [2.75, 3.05) is 0 Å². The van der Waals surface area contributed by atoms with Gasteiger partial charge < -0.3 is 0 Å². The monoisotopic (exact) mass is 314 g/mol. The van der Waals surface area contributed by atoms with E-state index in [9.17, 15) is 9.59 Å². The van der Waals surface area contributed by atoms with E-state index in [0.29, 0.717) is 34.7 Å². The van der Waals surface area contributed by atoms with Gasteiger partial charge in [0.15, 0.2) is 0 Å². The molecule has 0 unspecified atom stereocenters. The number of ketones is 2. The first-order valence-electron chi connectivity index (χ1n) is 9.58. The maximum Gasteiger partial charge on any atom is 0.133 e. The Labute approximate surface area is 140 Å². The summed E-state index contributed by atoms with van der Waals surface area (Å²) in [5, 5.41) is 0. The van der Waals surface area contributed by atoms with Gasteiger partial charge in [-0.2, -0.15) is 0 Å². The molecule has 2 nitrogen and oxygen atoms in total. The molecule has 0 aromatic carbocycles. The summed E-state index contributed by atoms with van der Waals surface area (Å²) < 4.78 is 0. The summed E-state index contributed by atoms with van der Waals surface area (Å²) >= 11 is 0. The summed E-state index contributed by atoms with van der Waals surface area (Å²) in [5.74, 6) is 2.99. The third-order valence-corrected chi connectivity index (χ3v) is 8.39. The van der Waals surface area contributed by atoms with Crippen LogP contribution in [0.4, 0.5) is 0 Å². The van der Waals surface area contributed by atoms with E-state index in [-0.39, 0.29) is 11.3 Å². The van der Waals surface area contributed by atoms with Gasteiger partial charge in [-0.15, -0.1) is 0 Å². The smallest absolute Gasteiger partial charge is 0.133 e. The number of carbonyl (C=O) groups excluding carboxylic acids is 2. The van der Waals surface area contributed by atoms with Crippen molar-refractivity contribution in [2.45, 2.75) is 72.1 Å². The zero-order chi connectivity index (χ0) is 16.4. The molecule has 0 aromatic heterocycles. The SMILES string of the molecule is CC(=O)[C@H]1CC[C@H]2C3=CC[C@@H]4CC(=O)CC[C@]4(C)[C@H]3CC[C@]12C. The highest BCUT2D eigenvalue weighted by molar-refractivity contribution is 5.80. The first kappa shape index (κ1) is 15.6. The van der Waals surface area contributed by atoms with Crippen molar-refractivity contribution in [2.24, 2.45) is 34.5 Å². The Balaban J connectivity index is 1.69. The van der Waals surface area contributed by atoms with Gasteiger partial charge in [-0.05, 0) is 74.0 Å². The second-order valence-corrected chi connectivity index (χ2v) is 9.28. The summed E-state index contributed by atoms with van der Waals surface area (Å²) in [5.41, 5.74) is 2.20. The normalized spacial score (nSPS) is 49.0. The quantitative estimate of drug-likeness (QED) is 0.656. The molecule has 0 amide bonds. The summed E-state index contributed by atoms with van der Waals surface area (Å²) in [4.78, 5) is 24.0. The van der Waals surface area contributed by atoms with Gasteiger partial charge in [0.2, 0.25) is 0 Å². The Hall–Kier alpha value is -0.920. The van der Waals surface area contributed by atoms with Crippen LogP contribution in [-0.2, 0) is 9.59 Å². The van der Waals surface area contributed by atoms with Crippen molar-refractivity contribution in [1.82, 2.24) is 0 Å². The molecule has 0 N–H and O–H groups in total. The van der Waals surface area contributed by atoms with Gasteiger partial charge in [0.25, 0.3) is 0 Å². The molecule has 126 valence electrons. The molecule has 0 bridgehead atoms. The molecule has 0 heterocycles. The van der Waals surface area contributed by atoms with Gasteiger partial charge >= 0.3 is 0 Å². The minimum atomic E-state index is 0.196. The van der Waals surface area contributed by atoms with Crippen molar-refractivity contribution >= 4 is 11.6 Å². The molecule has 0 saturated heterocycles. The molecule has 3 fully saturated rings. The van der Waals surface area contributed by atoms with Gasteiger partial charge in [0, 0.05) is 18.8 Å². The van der Waals surface area contributed by atoms with Crippen LogP contribution in [0.15, 0.2) is 11.6 Å². The third-order valence-electron chi connectivity index (χ3n) is 8.39. The number of fused-ring (bicyclic) bond motifs is 5. The Bertz CT molecular complexity index is 589. The second-order valence-electron chi connectivity index (χ2n) is 9.28. The van der Waals surface area contributed by atoms with Gasteiger partial charge in [-0.25, -0.2) is 0 Å². The maximum atomic E-state index is 12.1. The fraction of sp³-hybridized carbons (Fsp3) is 0.810. The standard InChI is InChI=1S/C21H30O2/c1-13(22)17-6-7-18-16-5-4-14-12-15(23)8-10-20(14,2)19(16)9-11-21(17,18)3/h5,14,17-19H,4,6-12H2,1-3H3/t14-,17-,18+,19+,20+,21-/m1/s1. The van der Waals surface area contributed by atoms with Crippen molar-refractivity contribution < 1.29 is 9.59 Å². The minimum Gasteiger partial charge on any atom is -0.300 e. The van der Waals surface area contributed by atoms with Crippen molar-refractivity contribution in [3.05, 3.63) is 11.6 Å². The molecule has 4 aliphatic rings. The third kappa shape index (κ3) is 2.06. The number of hydrogen-bond acceptors (Lipinski definition) is 2. The second kappa shape index (κ2) is 5.04. The highest BCUT2D eigenvalue weighted by atomic mass is 16.1. The summed E-state index contributed by atoms with van der Waals surface area (Å²) in [6.45, 7) is 6.64. The van der Waals surface area contributed by atoms with Crippen LogP contribution in [0.2, 0.25) is 0 Å².